The first-order valence-electron chi connectivity index (χ1n) is 12.1. The zero-order chi connectivity index (χ0) is 31.1. The van der Waals surface area contributed by atoms with Gasteiger partial charge in [0.05, 0.1) is 13.7 Å². The Morgan fingerprint density at radius 2 is 1.66 bits per heavy atom. The average molecular weight is 584 g/mol. The number of hydrogen-bond donors (Lipinski definition) is 3. The third-order valence-corrected chi connectivity index (χ3v) is 5.87. The summed E-state index contributed by atoms with van der Waals surface area (Å²) in [5.74, 6) is -2.91. The Morgan fingerprint density at radius 1 is 1.10 bits per heavy atom. The fourth-order valence-corrected chi connectivity index (χ4v) is 3.75. The molecule has 1 atom stereocenters. The van der Waals surface area contributed by atoms with Crippen LogP contribution >= 0.6 is 0 Å². The molecule has 9 nitrogen and oxygen atoms in total. The normalized spacial score (nSPS) is 10.8. The molecular formula is C28H33F4N3O6. The lowest BCUT2D eigenvalue weighted by molar-refractivity contribution is -0.108. The molecule has 1 amide bonds. The molecule has 0 fully saturated rings. The lowest BCUT2D eigenvalue weighted by Crippen LogP contribution is -2.33. The number of amides is 1. The molecule has 3 rings (SSSR count). The van der Waals surface area contributed by atoms with E-state index in [0.717, 1.165) is 12.1 Å². The zero-order valence-electron chi connectivity index (χ0n) is 23.0. The molecule has 3 N–H and O–H groups in total. The van der Waals surface area contributed by atoms with Crippen molar-refractivity contribution in [3.05, 3.63) is 93.2 Å². The summed E-state index contributed by atoms with van der Waals surface area (Å²) in [6, 6.07) is 10.6. The molecule has 13 heteroatoms. The average Bonchev–Trinajstić information content (AvgIpc) is 2.94. The minimum Gasteiger partial charge on any atom is -0.497 e. The molecule has 0 aliphatic rings. The summed E-state index contributed by atoms with van der Waals surface area (Å²) in [5.41, 5.74) is 0.616. The molecule has 0 bridgehead atoms. The molecule has 0 spiro atoms. The van der Waals surface area contributed by atoms with Gasteiger partial charge < -0.3 is 34.5 Å². The monoisotopic (exact) mass is 583 g/mol. The molecular weight excluding hydrogens is 550 g/mol. The summed E-state index contributed by atoms with van der Waals surface area (Å²) in [7, 11) is 5.96. The van der Waals surface area contributed by atoms with Gasteiger partial charge in [-0.05, 0) is 36.4 Å². The maximum atomic E-state index is 14.4. The molecule has 1 aromatic heterocycles. The SMILES string of the molecule is CNC(=O)c1ccc(F)cc1.COc1cc(F)c(C(CC=O)CN(C)c2ccc(CO)n(C)c2=O)c(F)c1.OCF. The molecule has 0 aliphatic carbocycles. The van der Waals surface area contributed by atoms with Gasteiger partial charge in [0.2, 0.25) is 0 Å². The minimum atomic E-state index is -1.25. The van der Waals surface area contributed by atoms with Crippen LogP contribution in [0, 0.1) is 17.5 Å². The number of anilines is 1. The van der Waals surface area contributed by atoms with E-state index < -0.39 is 24.4 Å². The Kier molecular flexibility index (Phi) is 14.8. The molecule has 41 heavy (non-hydrogen) atoms. The smallest absolute Gasteiger partial charge is 0.274 e. The Morgan fingerprint density at radius 3 is 2.12 bits per heavy atom. The van der Waals surface area contributed by atoms with Crippen molar-refractivity contribution in [1.29, 1.82) is 0 Å². The van der Waals surface area contributed by atoms with Gasteiger partial charge in [0.15, 0.2) is 6.86 Å². The van der Waals surface area contributed by atoms with Gasteiger partial charge in [0.1, 0.15) is 35.2 Å². The van der Waals surface area contributed by atoms with Crippen LogP contribution in [0.1, 0.15) is 34.0 Å². The number of aromatic nitrogens is 1. The van der Waals surface area contributed by atoms with Crippen LogP contribution in [0.5, 0.6) is 5.75 Å². The predicted molar refractivity (Wildman–Crippen MR) is 145 cm³/mol. The second kappa shape index (κ2) is 17.5. The van der Waals surface area contributed by atoms with Crippen LogP contribution in [0.25, 0.3) is 0 Å². The van der Waals surface area contributed by atoms with Crippen LogP contribution in [0.3, 0.4) is 0 Å². The molecule has 0 aliphatic heterocycles. The van der Waals surface area contributed by atoms with Crippen molar-refractivity contribution in [2.24, 2.45) is 7.05 Å². The van der Waals surface area contributed by atoms with Crippen molar-refractivity contribution in [2.75, 3.05) is 39.5 Å². The highest BCUT2D eigenvalue weighted by molar-refractivity contribution is 5.93. The first-order chi connectivity index (χ1) is 19.5. The molecule has 224 valence electrons. The first-order valence-corrected chi connectivity index (χ1v) is 12.1. The number of methoxy groups -OCH3 is 1. The van der Waals surface area contributed by atoms with Crippen LogP contribution < -0.4 is 20.5 Å². The predicted octanol–water partition coefficient (Wildman–Crippen LogP) is 3.06. The number of nitrogens with zero attached hydrogens (tertiary/aromatic N) is 2. The summed E-state index contributed by atoms with van der Waals surface area (Å²) in [5, 5.41) is 18.6. The summed E-state index contributed by atoms with van der Waals surface area (Å²) < 4.78 is 57.2. The van der Waals surface area contributed by atoms with Gasteiger partial charge in [-0.3, -0.25) is 9.59 Å². The Bertz CT molecular complexity index is 1310. The van der Waals surface area contributed by atoms with Crippen molar-refractivity contribution in [2.45, 2.75) is 18.9 Å². The number of halogens is 4. The van der Waals surface area contributed by atoms with Crippen LogP contribution in [-0.4, -0.2) is 61.6 Å². The van der Waals surface area contributed by atoms with Crippen LogP contribution in [-0.2, 0) is 18.4 Å². The topological polar surface area (TPSA) is 121 Å². The van der Waals surface area contributed by atoms with Crippen molar-refractivity contribution in [3.63, 3.8) is 0 Å². The number of ether oxygens (including phenoxy) is 1. The molecule has 0 radical (unpaired) electrons. The second-order valence-electron chi connectivity index (χ2n) is 8.42. The number of aldehydes is 1. The number of carbonyl (C=O) groups is 2. The summed E-state index contributed by atoms with van der Waals surface area (Å²) >= 11 is 0. The van der Waals surface area contributed by atoms with Crippen molar-refractivity contribution >= 4 is 17.9 Å². The molecule has 0 saturated heterocycles. The quantitative estimate of drug-likeness (QED) is 0.262. The first kappa shape index (κ1) is 34.8. The largest absolute Gasteiger partial charge is 0.497 e. The summed E-state index contributed by atoms with van der Waals surface area (Å²) in [4.78, 5) is 36.0. The second-order valence-corrected chi connectivity index (χ2v) is 8.42. The van der Waals surface area contributed by atoms with Gasteiger partial charge in [-0.15, -0.1) is 0 Å². The zero-order valence-corrected chi connectivity index (χ0v) is 23.0. The highest BCUT2D eigenvalue weighted by atomic mass is 19.1. The number of aliphatic hydroxyl groups is 2. The number of aliphatic hydroxyl groups excluding tert-OH is 2. The third kappa shape index (κ3) is 10.0. The summed E-state index contributed by atoms with van der Waals surface area (Å²) in [6.45, 7) is -1.49. The van der Waals surface area contributed by atoms with E-state index in [1.165, 1.54) is 56.1 Å². The molecule has 0 saturated carbocycles. The van der Waals surface area contributed by atoms with Gasteiger partial charge in [-0.1, -0.05) is 0 Å². The van der Waals surface area contributed by atoms with Gasteiger partial charge in [-0.25, -0.2) is 17.6 Å². The number of carbonyl (C=O) groups excluding carboxylic acids is 2. The van der Waals surface area contributed by atoms with Gasteiger partial charge >= 0.3 is 0 Å². The number of rotatable bonds is 9. The van der Waals surface area contributed by atoms with E-state index in [4.69, 9.17) is 9.84 Å². The Hall–Kier alpha value is -4.23. The van der Waals surface area contributed by atoms with Crippen LogP contribution in [0.2, 0.25) is 0 Å². The van der Waals surface area contributed by atoms with Crippen LogP contribution in [0.15, 0.2) is 53.3 Å². The van der Waals surface area contributed by atoms with Gasteiger partial charge in [0, 0.05) is 69.0 Å². The number of likely N-dealkylation sites (N-methyl/N-ethyl adjacent to an activating group) is 1. The standard InChI is InChI=1S/C19H22F2N2O4.C8H8FNO.CH3FO/c1-22(17-5-4-13(11-25)23(2)19(17)26)10-12(6-7-24)18-15(20)8-14(27-3)9-16(18)21;1-10-8(11)6-2-4-7(9)5-3-6;2-1-3/h4-5,7-9,12,25H,6,10-11H2,1-3H3;2-5H,1H3,(H,10,11);3H,1H2. The number of hydrogen-bond acceptors (Lipinski definition) is 7. The highest BCUT2D eigenvalue weighted by Gasteiger charge is 2.24. The number of alkyl halides is 1. The van der Waals surface area contributed by atoms with Gasteiger partial charge in [0.25, 0.3) is 11.5 Å². The van der Waals surface area contributed by atoms with Crippen molar-refractivity contribution < 1.29 is 42.1 Å². The lowest BCUT2D eigenvalue weighted by atomic mass is 9.94. The fourth-order valence-electron chi connectivity index (χ4n) is 3.75. The van der Waals surface area contributed by atoms with E-state index in [0.29, 0.717) is 23.2 Å². The van der Waals surface area contributed by atoms with Crippen molar-refractivity contribution in [1.82, 2.24) is 9.88 Å². The lowest BCUT2D eigenvalue weighted by Gasteiger charge is -2.26. The van der Waals surface area contributed by atoms with E-state index in [9.17, 15) is 37.1 Å². The maximum Gasteiger partial charge on any atom is 0.274 e. The van der Waals surface area contributed by atoms with E-state index in [1.54, 1.807) is 18.0 Å². The fraction of sp³-hybridized carbons (Fsp3) is 0.321. The number of nitrogens with one attached hydrogen (secondary N) is 1. The van der Waals surface area contributed by atoms with Gasteiger partial charge in [-0.2, -0.15) is 0 Å². The van der Waals surface area contributed by atoms with E-state index in [-0.39, 0.29) is 48.2 Å². The summed E-state index contributed by atoms with van der Waals surface area (Å²) in [6.07, 6.45) is 0.480. The molecule has 3 aromatic rings. The third-order valence-electron chi connectivity index (χ3n) is 5.87. The number of benzene rings is 2. The maximum absolute atomic E-state index is 14.4. The van der Waals surface area contributed by atoms with E-state index in [1.807, 2.05) is 0 Å². The molecule has 1 heterocycles. The van der Waals surface area contributed by atoms with Crippen LogP contribution in [0.4, 0.5) is 23.2 Å². The minimum absolute atomic E-state index is 0.0421. The molecule has 2 aromatic carbocycles. The van der Waals surface area contributed by atoms with E-state index in [2.05, 4.69) is 5.32 Å². The highest BCUT2D eigenvalue weighted by Crippen LogP contribution is 2.30. The Labute approximate surface area is 234 Å². The number of pyridine rings is 1. The molecule has 1 unspecified atom stereocenters. The Balaban J connectivity index is 0.000000496. The van der Waals surface area contributed by atoms with Crippen molar-refractivity contribution in [3.8, 4) is 5.75 Å². The van der Waals surface area contributed by atoms with E-state index >= 15 is 0 Å².